The molecule has 0 radical (unpaired) electrons. The SMILES string of the molecule is N#CCCN(Cc1ccco1)C(=O)Nc1ccc(OCC2CCOCC2)cc1. The van der Waals surface area contributed by atoms with Crippen LogP contribution in [0.3, 0.4) is 0 Å². The average Bonchev–Trinajstić information content (AvgIpc) is 3.24. The maximum Gasteiger partial charge on any atom is 0.322 e. The Labute approximate surface area is 164 Å². The number of ether oxygens (including phenoxy) is 2. The molecule has 1 fully saturated rings. The van der Waals surface area contributed by atoms with E-state index in [0.717, 1.165) is 31.8 Å². The van der Waals surface area contributed by atoms with Gasteiger partial charge < -0.3 is 24.1 Å². The van der Waals surface area contributed by atoms with Crippen LogP contribution in [0.25, 0.3) is 0 Å². The number of nitriles is 1. The lowest BCUT2D eigenvalue weighted by Crippen LogP contribution is -2.35. The second-order valence-electron chi connectivity index (χ2n) is 6.73. The molecular formula is C21H25N3O4. The summed E-state index contributed by atoms with van der Waals surface area (Å²) in [6.45, 7) is 2.93. The van der Waals surface area contributed by atoms with Gasteiger partial charge in [-0.1, -0.05) is 0 Å². The highest BCUT2D eigenvalue weighted by molar-refractivity contribution is 5.89. The van der Waals surface area contributed by atoms with Crippen molar-refractivity contribution in [2.24, 2.45) is 5.92 Å². The fraction of sp³-hybridized carbons (Fsp3) is 0.429. The molecule has 1 saturated heterocycles. The largest absolute Gasteiger partial charge is 0.493 e. The Morgan fingerprint density at radius 2 is 2.04 bits per heavy atom. The number of anilines is 1. The molecule has 1 aliphatic heterocycles. The molecule has 7 heteroatoms. The zero-order valence-corrected chi connectivity index (χ0v) is 15.8. The first-order valence-corrected chi connectivity index (χ1v) is 9.50. The van der Waals surface area contributed by atoms with E-state index in [-0.39, 0.29) is 12.5 Å². The van der Waals surface area contributed by atoms with Crippen molar-refractivity contribution in [2.45, 2.75) is 25.8 Å². The Morgan fingerprint density at radius 3 is 2.71 bits per heavy atom. The molecule has 1 aromatic carbocycles. The van der Waals surface area contributed by atoms with Crippen LogP contribution in [0, 0.1) is 17.2 Å². The number of furan rings is 1. The van der Waals surface area contributed by atoms with Crippen LogP contribution < -0.4 is 10.1 Å². The van der Waals surface area contributed by atoms with Gasteiger partial charge in [0.2, 0.25) is 0 Å². The second kappa shape index (κ2) is 10.4. The third kappa shape index (κ3) is 6.03. The summed E-state index contributed by atoms with van der Waals surface area (Å²) in [6, 6.07) is 12.7. The minimum atomic E-state index is -0.275. The lowest BCUT2D eigenvalue weighted by Gasteiger charge is -2.22. The predicted octanol–water partition coefficient (Wildman–Crippen LogP) is 4.03. The number of rotatable bonds is 8. The molecule has 0 spiro atoms. The maximum absolute atomic E-state index is 12.6. The number of hydrogen-bond acceptors (Lipinski definition) is 5. The Balaban J connectivity index is 1.52. The maximum atomic E-state index is 12.6. The van der Waals surface area contributed by atoms with Crippen molar-refractivity contribution < 1.29 is 18.7 Å². The highest BCUT2D eigenvalue weighted by Crippen LogP contribution is 2.20. The van der Waals surface area contributed by atoms with E-state index in [1.54, 1.807) is 23.3 Å². The fourth-order valence-electron chi connectivity index (χ4n) is 2.99. The Hall–Kier alpha value is -2.98. The molecule has 3 rings (SSSR count). The molecule has 148 valence electrons. The van der Waals surface area contributed by atoms with E-state index in [1.165, 1.54) is 0 Å². The number of benzene rings is 1. The summed E-state index contributed by atoms with van der Waals surface area (Å²) >= 11 is 0. The molecule has 2 amide bonds. The lowest BCUT2D eigenvalue weighted by molar-refractivity contribution is 0.0497. The number of nitrogens with one attached hydrogen (secondary N) is 1. The molecule has 7 nitrogen and oxygen atoms in total. The number of carbonyl (C=O) groups excluding carboxylic acids is 1. The van der Waals surface area contributed by atoms with Crippen molar-refractivity contribution in [1.29, 1.82) is 5.26 Å². The van der Waals surface area contributed by atoms with E-state index in [0.29, 0.717) is 37.1 Å². The van der Waals surface area contributed by atoms with E-state index in [4.69, 9.17) is 19.2 Å². The van der Waals surface area contributed by atoms with Crippen LogP contribution in [0.5, 0.6) is 5.75 Å². The summed E-state index contributed by atoms with van der Waals surface area (Å²) in [5, 5.41) is 11.7. The lowest BCUT2D eigenvalue weighted by atomic mass is 10.0. The quantitative estimate of drug-likeness (QED) is 0.743. The van der Waals surface area contributed by atoms with Crippen molar-refractivity contribution in [3.05, 3.63) is 48.4 Å². The van der Waals surface area contributed by atoms with Crippen molar-refractivity contribution >= 4 is 11.7 Å². The third-order valence-electron chi connectivity index (χ3n) is 4.64. The van der Waals surface area contributed by atoms with E-state index in [1.807, 2.05) is 24.3 Å². The highest BCUT2D eigenvalue weighted by atomic mass is 16.5. The number of carbonyl (C=O) groups is 1. The van der Waals surface area contributed by atoms with Gasteiger partial charge in [0.05, 0.1) is 31.9 Å². The van der Waals surface area contributed by atoms with Crippen LogP contribution in [0.1, 0.15) is 25.0 Å². The monoisotopic (exact) mass is 383 g/mol. The standard InChI is InChI=1S/C21H25N3O4/c22-10-2-11-24(15-20-3-1-12-27-20)21(25)23-18-4-6-19(7-5-18)28-16-17-8-13-26-14-9-17/h1,3-7,12,17H,2,8-9,11,13-16H2,(H,23,25). The number of nitrogens with zero attached hydrogens (tertiary/aromatic N) is 2. The molecule has 2 aromatic rings. The zero-order valence-electron chi connectivity index (χ0n) is 15.8. The van der Waals surface area contributed by atoms with Gasteiger partial charge in [0.15, 0.2) is 0 Å². The molecule has 28 heavy (non-hydrogen) atoms. The topological polar surface area (TPSA) is 87.7 Å². The number of amides is 2. The van der Waals surface area contributed by atoms with Gasteiger partial charge in [0, 0.05) is 25.4 Å². The summed E-state index contributed by atoms with van der Waals surface area (Å²) in [5.41, 5.74) is 0.671. The second-order valence-corrected chi connectivity index (χ2v) is 6.73. The molecule has 0 atom stereocenters. The molecule has 0 unspecified atom stereocenters. The predicted molar refractivity (Wildman–Crippen MR) is 104 cm³/mol. The highest BCUT2D eigenvalue weighted by Gasteiger charge is 2.16. The first kappa shape index (κ1) is 19.8. The van der Waals surface area contributed by atoms with Crippen LogP contribution in [0.4, 0.5) is 10.5 Å². The molecular weight excluding hydrogens is 358 g/mol. The van der Waals surface area contributed by atoms with Gasteiger partial charge in [0.25, 0.3) is 0 Å². The van der Waals surface area contributed by atoms with E-state index in [9.17, 15) is 4.79 Å². The molecule has 2 heterocycles. The first-order valence-electron chi connectivity index (χ1n) is 9.50. The summed E-state index contributed by atoms with van der Waals surface area (Å²) < 4.78 is 16.5. The Bertz CT molecular complexity index is 762. The minimum Gasteiger partial charge on any atom is -0.493 e. The van der Waals surface area contributed by atoms with Crippen molar-refractivity contribution in [2.75, 3.05) is 31.7 Å². The van der Waals surface area contributed by atoms with E-state index < -0.39 is 0 Å². The van der Waals surface area contributed by atoms with Crippen LogP contribution in [-0.4, -0.2) is 37.3 Å². The third-order valence-corrected chi connectivity index (χ3v) is 4.64. The van der Waals surface area contributed by atoms with Crippen LogP contribution in [0.2, 0.25) is 0 Å². The van der Waals surface area contributed by atoms with Gasteiger partial charge in [-0.2, -0.15) is 5.26 Å². The molecule has 0 bridgehead atoms. The Morgan fingerprint density at radius 1 is 1.25 bits per heavy atom. The normalized spacial score (nSPS) is 14.2. The van der Waals surface area contributed by atoms with Gasteiger partial charge in [-0.15, -0.1) is 0 Å². The number of urea groups is 1. The summed E-state index contributed by atoms with van der Waals surface area (Å²) in [5.74, 6) is 1.98. The van der Waals surface area contributed by atoms with Crippen molar-refractivity contribution in [1.82, 2.24) is 4.90 Å². The van der Waals surface area contributed by atoms with Gasteiger partial charge in [-0.3, -0.25) is 0 Å². The van der Waals surface area contributed by atoms with Gasteiger partial charge in [-0.25, -0.2) is 4.79 Å². The average molecular weight is 383 g/mol. The van der Waals surface area contributed by atoms with Gasteiger partial charge in [0.1, 0.15) is 11.5 Å². The minimum absolute atomic E-state index is 0.257. The Kier molecular flexibility index (Phi) is 7.33. The molecule has 0 saturated carbocycles. The van der Waals surface area contributed by atoms with E-state index in [2.05, 4.69) is 11.4 Å². The summed E-state index contributed by atoms with van der Waals surface area (Å²) in [6.07, 6.45) is 3.88. The zero-order chi connectivity index (χ0) is 19.6. The van der Waals surface area contributed by atoms with Crippen LogP contribution >= 0.6 is 0 Å². The summed E-state index contributed by atoms with van der Waals surface area (Å²) in [7, 11) is 0. The van der Waals surface area contributed by atoms with Crippen LogP contribution in [-0.2, 0) is 11.3 Å². The van der Waals surface area contributed by atoms with Gasteiger partial charge >= 0.3 is 6.03 Å². The van der Waals surface area contributed by atoms with Gasteiger partial charge in [-0.05, 0) is 55.2 Å². The number of hydrogen-bond donors (Lipinski definition) is 1. The molecule has 1 aliphatic rings. The van der Waals surface area contributed by atoms with Crippen molar-refractivity contribution in [3.63, 3.8) is 0 Å². The fourth-order valence-corrected chi connectivity index (χ4v) is 2.99. The molecule has 1 N–H and O–H groups in total. The molecule has 0 aliphatic carbocycles. The molecule has 1 aromatic heterocycles. The smallest absolute Gasteiger partial charge is 0.322 e. The van der Waals surface area contributed by atoms with Crippen molar-refractivity contribution in [3.8, 4) is 11.8 Å². The van der Waals surface area contributed by atoms with E-state index >= 15 is 0 Å². The first-order chi connectivity index (χ1) is 13.7. The van der Waals surface area contributed by atoms with Crippen LogP contribution in [0.15, 0.2) is 47.1 Å². The summed E-state index contributed by atoms with van der Waals surface area (Å²) in [4.78, 5) is 14.1.